The predicted molar refractivity (Wildman–Crippen MR) is 167 cm³/mol. The van der Waals surface area contributed by atoms with Crippen LogP contribution >= 0.6 is 0 Å². The fraction of sp³-hybridized carbons (Fsp3) is 0.406. The lowest BCUT2D eigenvalue weighted by Crippen LogP contribution is -2.40. The molecule has 0 radical (unpaired) electrons. The van der Waals surface area contributed by atoms with Gasteiger partial charge >= 0.3 is 12.1 Å². The van der Waals surface area contributed by atoms with E-state index in [1.807, 2.05) is 30.3 Å². The van der Waals surface area contributed by atoms with Crippen LogP contribution in [0.4, 0.5) is 4.79 Å². The molecule has 1 fully saturated rings. The number of aromatic nitrogens is 2. The normalized spacial score (nSPS) is 15.0. The van der Waals surface area contributed by atoms with Crippen molar-refractivity contribution in [2.45, 2.75) is 51.2 Å². The average molecular weight is 655 g/mol. The van der Waals surface area contributed by atoms with Crippen LogP contribution < -0.4 is 10.3 Å². The van der Waals surface area contributed by atoms with Gasteiger partial charge in [-0.05, 0) is 51.3 Å². The third-order valence-electron chi connectivity index (χ3n) is 7.30. The molecule has 0 spiro atoms. The van der Waals surface area contributed by atoms with E-state index in [1.54, 1.807) is 39.0 Å². The Balaban J connectivity index is 1.67. The Bertz CT molecular complexity index is 1700. The number of nitrogens with zero attached hydrogens (tertiary/aromatic N) is 3. The van der Waals surface area contributed by atoms with Gasteiger partial charge in [0.1, 0.15) is 12.4 Å². The molecule has 2 aromatic carbocycles. The summed E-state index contributed by atoms with van der Waals surface area (Å²) in [5.41, 5.74) is -1.75. The first-order valence-electron chi connectivity index (χ1n) is 14.8. The number of carbonyl (C=O) groups excluding carboxylic acids is 3. The summed E-state index contributed by atoms with van der Waals surface area (Å²) in [4.78, 5) is 62.7. The number of likely N-dealkylation sites (tertiary alicyclic amines) is 1. The minimum atomic E-state index is -3.82. The van der Waals surface area contributed by atoms with Crippen LogP contribution in [0.25, 0.3) is 0 Å². The number of H-pyrrole nitrogens is 1. The summed E-state index contributed by atoms with van der Waals surface area (Å²) >= 11 is 0. The molecule has 1 aliphatic rings. The number of hydrogen-bond acceptors (Lipinski definition) is 10. The summed E-state index contributed by atoms with van der Waals surface area (Å²) in [6, 6.07) is 16.0. The van der Waals surface area contributed by atoms with E-state index in [-0.39, 0.29) is 30.4 Å². The van der Waals surface area contributed by atoms with Crippen molar-refractivity contribution in [3.05, 3.63) is 88.1 Å². The molecule has 3 aromatic rings. The molecule has 2 heterocycles. The number of ether oxygens (including phenoxy) is 2. The first kappa shape index (κ1) is 34.3. The second-order valence-corrected chi connectivity index (χ2v) is 13.9. The van der Waals surface area contributed by atoms with Crippen LogP contribution in [0.3, 0.4) is 0 Å². The average Bonchev–Trinajstić information content (AvgIpc) is 3.53. The summed E-state index contributed by atoms with van der Waals surface area (Å²) in [6.45, 7) is 3.87. The molecule has 46 heavy (non-hydrogen) atoms. The van der Waals surface area contributed by atoms with Gasteiger partial charge in [-0.25, -0.2) is 18.2 Å². The van der Waals surface area contributed by atoms with Crippen LogP contribution in [0.15, 0.2) is 70.4 Å². The van der Waals surface area contributed by atoms with Gasteiger partial charge in [-0.1, -0.05) is 48.5 Å². The van der Waals surface area contributed by atoms with E-state index >= 15 is 0 Å². The monoisotopic (exact) mass is 654 g/mol. The molecular weight excluding hydrogens is 616 g/mol. The van der Waals surface area contributed by atoms with Crippen molar-refractivity contribution >= 4 is 27.8 Å². The maximum Gasteiger partial charge on any atom is 0.410 e. The molecule has 0 unspecified atom stereocenters. The minimum Gasteiger partial charge on any atom is -0.445 e. The van der Waals surface area contributed by atoms with Crippen LogP contribution in [0.2, 0.25) is 0 Å². The summed E-state index contributed by atoms with van der Waals surface area (Å²) in [5.74, 6) is -2.93. The second kappa shape index (κ2) is 14.7. The Morgan fingerprint density at radius 3 is 2.33 bits per heavy atom. The van der Waals surface area contributed by atoms with Crippen molar-refractivity contribution < 1.29 is 37.4 Å². The maximum atomic E-state index is 13.9. The van der Waals surface area contributed by atoms with Crippen molar-refractivity contribution in [3.8, 4) is 5.75 Å². The van der Waals surface area contributed by atoms with E-state index in [2.05, 4.69) is 9.97 Å². The number of aliphatic hydroxyl groups is 1. The fourth-order valence-corrected chi connectivity index (χ4v) is 6.02. The quantitative estimate of drug-likeness (QED) is 0.292. The zero-order valence-corrected chi connectivity index (χ0v) is 26.8. The number of rotatable bonds is 11. The smallest absolute Gasteiger partial charge is 0.410 e. The Morgan fingerprint density at radius 1 is 1.04 bits per heavy atom. The Morgan fingerprint density at radius 2 is 1.70 bits per heavy atom. The molecule has 1 aromatic heterocycles. The molecule has 13 nitrogen and oxygen atoms in total. The first-order chi connectivity index (χ1) is 21.8. The highest BCUT2D eigenvalue weighted by molar-refractivity contribution is 7.91. The fourth-order valence-electron chi connectivity index (χ4n) is 4.76. The second-order valence-electron chi connectivity index (χ2n) is 11.8. The standard InChI is InChI=1S/C32H38N4O9S/c1-32(2,3)30(40)45-26-25(29(39)35(17-19-37)18-20-46(42,43)23-13-8-5-9-14-23)33-27(34-28(26)38)24-15-10-16-36(24)31(41)44-21-22-11-6-4-7-12-22/h4-9,11-14,24,37H,10,15-21H2,1-3H3,(H,33,34,38)/t24-/m0/s1. The van der Waals surface area contributed by atoms with Crippen LogP contribution in [-0.2, 0) is 26.0 Å². The van der Waals surface area contributed by atoms with Crippen LogP contribution in [0.5, 0.6) is 5.75 Å². The lowest BCUT2D eigenvalue weighted by molar-refractivity contribution is -0.143. The van der Waals surface area contributed by atoms with Gasteiger partial charge in [-0.3, -0.25) is 19.3 Å². The van der Waals surface area contributed by atoms with Gasteiger partial charge < -0.3 is 24.5 Å². The number of aromatic amines is 1. The number of carbonyl (C=O) groups is 3. The van der Waals surface area contributed by atoms with Crippen LogP contribution in [-0.4, -0.2) is 83.3 Å². The van der Waals surface area contributed by atoms with Crippen LogP contribution in [0.1, 0.15) is 61.5 Å². The number of nitrogens with one attached hydrogen (secondary N) is 1. The van der Waals surface area contributed by atoms with Crippen molar-refractivity contribution in [1.82, 2.24) is 19.8 Å². The van der Waals surface area contributed by atoms with Gasteiger partial charge in [0.15, 0.2) is 15.5 Å². The Labute approximate surface area is 267 Å². The molecule has 246 valence electrons. The molecule has 2 N–H and O–H groups in total. The number of esters is 1. The molecule has 1 aliphatic heterocycles. The number of benzene rings is 2. The van der Waals surface area contributed by atoms with Gasteiger partial charge in [0.25, 0.3) is 11.5 Å². The zero-order chi connectivity index (χ0) is 33.5. The highest BCUT2D eigenvalue weighted by Gasteiger charge is 2.36. The third kappa shape index (κ3) is 8.37. The number of sulfone groups is 1. The predicted octanol–water partition coefficient (Wildman–Crippen LogP) is 3.10. The molecule has 0 bridgehead atoms. The van der Waals surface area contributed by atoms with E-state index in [1.165, 1.54) is 17.0 Å². The van der Waals surface area contributed by atoms with Crippen molar-refractivity contribution in [2.75, 3.05) is 32.0 Å². The van der Waals surface area contributed by atoms with E-state index in [0.717, 1.165) is 10.5 Å². The minimum absolute atomic E-state index is 0.0281. The highest BCUT2D eigenvalue weighted by Crippen LogP contribution is 2.31. The number of amides is 2. The van der Waals surface area contributed by atoms with Crippen molar-refractivity contribution in [1.29, 1.82) is 0 Å². The number of aliphatic hydroxyl groups excluding tert-OH is 1. The van der Waals surface area contributed by atoms with Gasteiger partial charge in [-0.2, -0.15) is 0 Å². The van der Waals surface area contributed by atoms with Gasteiger partial charge in [-0.15, -0.1) is 0 Å². The van der Waals surface area contributed by atoms with Crippen LogP contribution in [0, 0.1) is 5.41 Å². The summed E-state index contributed by atoms with van der Waals surface area (Å²) < 4.78 is 36.8. The molecule has 1 atom stereocenters. The molecule has 1 saturated heterocycles. The highest BCUT2D eigenvalue weighted by atomic mass is 32.2. The van der Waals surface area contributed by atoms with E-state index in [4.69, 9.17) is 9.47 Å². The summed E-state index contributed by atoms with van der Waals surface area (Å²) in [5, 5.41) is 9.74. The first-order valence-corrected chi connectivity index (χ1v) is 16.5. The maximum absolute atomic E-state index is 13.9. The van der Waals surface area contributed by atoms with E-state index in [0.29, 0.717) is 19.4 Å². The van der Waals surface area contributed by atoms with Crippen molar-refractivity contribution in [2.24, 2.45) is 5.41 Å². The van der Waals surface area contributed by atoms with Gasteiger partial charge in [0.2, 0.25) is 5.75 Å². The van der Waals surface area contributed by atoms with Gasteiger partial charge in [0.05, 0.1) is 28.7 Å². The Kier molecular flexibility index (Phi) is 11.0. The molecule has 4 rings (SSSR count). The van der Waals surface area contributed by atoms with E-state index < -0.39 is 68.6 Å². The van der Waals surface area contributed by atoms with E-state index in [9.17, 15) is 32.7 Å². The molecule has 0 saturated carbocycles. The molecular formula is C32H38N4O9S. The Hall–Kier alpha value is -4.56. The SMILES string of the molecule is CC(C)(C)C(=O)Oc1c(C(=O)N(CCO)CCS(=O)(=O)c2ccccc2)nc([C@@H]2CCCN2C(=O)OCc2ccccc2)[nH]c1=O. The third-order valence-corrected chi connectivity index (χ3v) is 9.01. The van der Waals surface area contributed by atoms with Crippen molar-refractivity contribution in [3.63, 3.8) is 0 Å². The molecule has 0 aliphatic carbocycles. The lowest BCUT2D eigenvalue weighted by Gasteiger charge is -2.26. The number of hydrogen-bond donors (Lipinski definition) is 2. The zero-order valence-electron chi connectivity index (χ0n) is 26.0. The largest absolute Gasteiger partial charge is 0.445 e. The van der Waals surface area contributed by atoms with Gasteiger partial charge in [0, 0.05) is 19.6 Å². The summed E-state index contributed by atoms with van der Waals surface area (Å²) in [7, 11) is -3.82. The topological polar surface area (TPSA) is 176 Å². The lowest BCUT2D eigenvalue weighted by atomic mass is 9.97. The molecule has 14 heteroatoms. The molecule has 2 amide bonds. The summed E-state index contributed by atoms with van der Waals surface area (Å²) in [6.07, 6.45) is 0.318.